The van der Waals surface area contributed by atoms with Crippen LogP contribution in [0.2, 0.25) is 10.0 Å². The fraction of sp³-hybridized carbons (Fsp3) is 0.308. The molecule has 9 nitrogen and oxygen atoms in total. The maximum absolute atomic E-state index is 13.4. The predicted molar refractivity (Wildman–Crippen MR) is 140 cm³/mol. The van der Waals surface area contributed by atoms with Crippen LogP contribution in [0.25, 0.3) is 0 Å². The van der Waals surface area contributed by atoms with Gasteiger partial charge in [0.15, 0.2) is 0 Å². The number of halogens is 2. The van der Waals surface area contributed by atoms with Crippen LogP contribution in [0.5, 0.6) is 11.6 Å². The number of likely N-dealkylation sites (N-methyl/N-ethyl adjacent to an activating group) is 1. The first-order valence-electron chi connectivity index (χ1n) is 11.7. The summed E-state index contributed by atoms with van der Waals surface area (Å²) in [6.07, 6.45) is 4.84. The Morgan fingerprint density at radius 2 is 1.81 bits per heavy atom. The minimum Gasteiger partial charge on any atom is -0.437 e. The van der Waals surface area contributed by atoms with Gasteiger partial charge in [-0.05, 0) is 55.1 Å². The molecule has 0 radical (unpaired) electrons. The van der Waals surface area contributed by atoms with Crippen molar-refractivity contribution >= 4 is 35.0 Å². The van der Waals surface area contributed by atoms with Crippen LogP contribution < -0.4 is 10.1 Å². The normalized spacial score (nSPS) is 14.7. The van der Waals surface area contributed by atoms with Crippen molar-refractivity contribution in [2.75, 3.05) is 39.8 Å². The van der Waals surface area contributed by atoms with Gasteiger partial charge < -0.3 is 24.6 Å². The van der Waals surface area contributed by atoms with E-state index in [0.29, 0.717) is 23.9 Å². The van der Waals surface area contributed by atoms with Gasteiger partial charge in [0, 0.05) is 49.8 Å². The number of nitrogens with zero attached hydrogens (tertiary/aromatic N) is 4. The lowest BCUT2D eigenvalue weighted by Crippen LogP contribution is -2.55. The SMILES string of the molecule is CN1CCN(C(=O)C(COCc2ccncc2)NC(=O)c2cccnc2Oc2ccc(Cl)cc2Cl)CC1. The molecule has 3 heterocycles. The average Bonchev–Trinajstić information content (AvgIpc) is 2.90. The van der Waals surface area contributed by atoms with Gasteiger partial charge in [0.25, 0.3) is 5.91 Å². The summed E-state index contributed by atoms with van der Waals surface area (Å²) >= 11 is 12.2. The highest BCUT2D eigenvalue weighted by molar-refractivity contribution is 6.35. The Hall–Kier alpha value is -3.24. The largest absolute Gasteiger partial charge is 0.437 e. The first kappa shape index (κ1) is 26.8. The van der Waals surface area contributed by atoms with E-state index in [9.17, 15) is 9.59 Å². The van der Waals surface area contributed by atoms with Crippen molar-refractivity contribution in [1.29, 1.82) is 0 Å². The second kappa shape index (κ2) is 12.8. The number of carbonyl (C=O) groups excluding carboxylic acids is 2. The Labute approximate surface area is 225 Å². The molecule has 2 aromatic heterocycles. The van der Waals surface area contributed by atoms with Crippen LogP contribution >= 0.6 is 23.2 Å². The number of rotatable bonds is 9. The van der Waals surface area contributed by atoms with Crippen molar-refractivity contribution in [3.05, 3.63) is 82.2 Å². The fourth-order valence-corrected chi connectivity index (χ4v) is 4.19. The maximum Gasteiger partial charge on any atom is 0.257 e. The van der Waals surface area contributed by atoms with E-state index in [1.165, 1.54) is 12.3 Å². The Morgan fingerprint density at radius 1 is 1.05 bits per heavy atom. The Kier molecular flexibility index (Phi) is 9.29. The molecule has 11 heteroatoms. The second-order valence-electron chi connectivity index (χ2n) is 8.56. The van der Waals surface area contributed by atoms with Crippen LogP contribution in [-0.4, -0.2) is 77.5 Å². The third-order valence-corrected chi connectivity index (χ3v) is 6.37. The van der Waals surface area contributed by atoms with Crippen LogP contribution in [0.15, 0.2) is 61.1 Å². The van der Waals surface area contributed by atoms with Crippen LogP contribution in [0.4, 0.5) is 0 Å². The molecular weight excluding hydrogens is 517 g/mol. The molecule has 1 N–H and O–H groups in total. The summed E-state index contributed by atoms with van der Waals surface area (Å²) in [7, 11) is 2.01. The number of carbonyl (C=O) groups is 2. The van der Waals surface area contributed by atoms with Crippen LogP contribution in [-0.2, 0) is 16.1 Å². The van der Waals surface area contributed by atoms with E-state index in [0.717, 1.165) is 18.7 Å². The van der Waals surface area contributed by atoms with Crippen molar-refractivity contribution in [3.63, 3.8) is 0 Å². The van der Waals surface area contributed by atoms with Gasteiger partial charge in [-0.25, -0.2) is 4.98 Å². The van der Waals surface area contributed by atoms with Gasteiger partial charge in [0.05, 0.1) is 18.2 Å². The lowest BCUT2D eigenvalue weighted by atomic mass is 10.2. The molecule has 1 fully saturated rings. The summed E-state index contributed by atoms with van der Waals surface area (Å²) in [5, 5.41) is 3.55. The number of nitrogens with one attached hydrogen (secondary N) is 1. The first-order valence-corrected chi connectivity index (χ1v) is 12.5. The van der Waals surface area contributed by atoms with E-state index in [1.54, 1.807) is 41.6 Å². The smallest absolute Gasteiger partial charge is 0.257 e. The van der Waals surface area contributed by atoms with E-state index >= 15 is 0 Å². The van der Waals surface area contributed by atoms with Gasteiger partial charge in [-0.3, -0.25) is 14.6 Å². The molecule has 3 aromatic rings. The number of amides is 2. The van der Waals surface area contributed by atoms with Crippen molar-refractivity contribution in [1.82, 2.24) is 25.1 Å². The molecule has 0 saturated carbocycles. The summed E-state index contributed by atoms with van der Waals surface area (Å²) in [5.74, 6) is -0.381. The van der Waals surface area contributed by atoms with E-state index in [1.807, 2.05) is 19.2 Å². The average molecular weight is 544 g/mol. The molecule has 37 heavy (non-hydrogen) atoms. The molecule has 1 aliphatic rings. The number of pyridine rings is 2. The molecule has 1 unspecified atom stereocenters. The van der Waals surface area contributed by atoms with Crippen molar-refractivity contribution in [2.45, 2.75) is 12.6 Å². The Balaban J connectivity index is 1.49. The summed E-state index contributed by atoms with van der Waals surface area (Å²) in [6, 6.07) is 10.7. The molecule has 0 spiro atoms. The summed E-state index contributed by atoms with van der Waals surface area (Å²) in [6.45, 7) is 2.93. The zero-order valence-corrected chi connectivity index (χ0v) is 21.8. The van der Waals surface area contributed by atoms with Crippen molar-refractivity contribution < 1.29 is 19.1 Å². The summed E-state index contributed by atoms with van der Waals surface area (Å²) < 4.78 is 11.7. The maximum atomic E-state index is 13.4. The van der Waals surface area contributed by atoms with Crippen LogP contribution in [0.1, 0.15) is 15.9 Å². The lowest BCUT2D eigenvalue weighted by Gasteiger charge is -2.34. The molecule has 0 bridgehead atoms. The molecule has 0 aliphatic carbocycles. The molecule has 4 rings (SSSR count). The summed E-state index contributed by atoms with van der Waals surface area (Å²) in [5.41, 5.74) is 1.06. The quantitative estimate of drug-likeness (QED) is 0.439. The van der Waals surface area contributed by atoms with Gasteiger partial charge >= 0.3 is 0 Å². The number of benzene rings is 1. The molecule has 1 atom stereocenters. The van der Waals surface area contributed by atoms with E-state index < -0.39 is 11.9 Å². The highest BCUT2D eigenvalue weighted by atomic mass is 35.5. The third kappa shape index (κ3) is 7.39. The monoisotopic (exact) mass is 543 g/mol. The van der Waals surface area contributed by atoms with Gasteiger partial charge in [-0.15, -0.1) is 0 Å². The summed E-state index contributed by atoms with van der Waals surface area (Å²) in [4.78, 5) is 38.8. The minimum absolute atomic E-state index is 0.00129. The van der Waals surface area contributed by atoms with Crippen molar-refractivity contribution in [2.24, 2.45) is 0 Å². The van der Waals surface area contributed by atoms with Crippen LogP contribution in [0, 0.1) is 0 Å². The number of hydrogen-bond acceptors (Lipinski definition) is 7. The molecule has 1 aliphatic heterocycles. The fourth-order valence-electron chi connectivity index (χ4n) is 3.74. The van der Waals surface area contributed by atoms with Gasteiger partial charge in [0.1, 0.15) is 17.4 Å². The zero-order chi connectivity index (χ0) is 26.2. The molecule has 2 amide bonds. The topological polar surface area (TPSA) is 96.9 Å². The number of piperazine rings is 1. The highest BCUT2D eigenvalue weighted by Crippen LogP contribution is 2.32. The Bertz CT molecular complexity index is 1220. The minimum atomic E-state index is -0.898. The number of hydrogen-bond donors (Lipinski definition) is 1. The standard InChI is InChI=1S/C26H27Cl2N5O4/c1-32-11-13-33(14-12-32)26(35)22(17-36-16-18-6-9-29-10-7-18)31-24(34)20-3-2-8-30-25(20)37-23-5-4-19(27)15-21(23)28/h2-10,15,22H,11-14,16-17H2,1H3,(H,31,34). The molecule has 1 aromatic carbocycles. The Morgan fingerprint density at radius 3 is 2.54 bits per heavy atom. The molecule has 194 valence electrons. The van der Waals surface area contributed by atoms with E-state index in [-0.39, 0.29) is 35.6 Å². The van der Waals surface area contributed by atoms with E-state index in [4.69, 9.17) is 32.7 Å². The van der Waals surface area contributed by atoms with Gasteiger partial charge in [0.2, 0.25) is 11.8 Å². The van der Waals surface area contributed by atoms with E-state index in [2.05, 4.69) is 20.2 Å². The van der Waals surface area contributed by atoms with Crippen LogP contribution in [0.3, 0.4) is 0 Å². The molecular formula is C26H27Cl2N5O4. The third-order valence-electron chi connectivity index (χ3n) is 5.84. The second-order valence-corrected chi connectivity index (χ2v) is 9.40. The van der Waals surface area contributed by atoms with Gasteiger partial charge in [-0.2, -0.15) is 0 Å². The van der Waals surface area contributed by atoms with Crippen molar-refractivity contribution in [3.8, 4) is 11.6 Å². The molecule has 1 saturated heterocycles. The number of ether oxygens (including phenoxy) is 2. The first-order chi connectivity index (χ1) is 17.9. The zero-order valence-electron chi connectivity index (χ0n) is 20.3. The van der Waals surface area contributed by atoms with Gasteiger partial charge in [-0.1, -0.05) is 23.2 Å². The lowest BCUT2D eigenvalue weighted by molar-refractivity contribution is -0.136. The number of aromatic nitrogens is 2. The highest BCUT2D eigenvalue weighted by Gasteiger charge is 2.29. The predicted octanol–water partition coefficient (Wildman–Crippen LogP) is 3.66.